The molecule has 1 fully saturated rings. The van der Waals surface area contributed by atoms with Gasteiger partial charge in [-0.05, 0) is 25.8 Å². The molecule has 0 bridgehead atoms. The molecule has 0 amide bonds. The van der Waals surface area contributed by atoms with Crippen LogP contribution >= 0.6 is 0 Å². The summed E-state index contributed by atoms with van der Waals surface area (Å²) in [6.07, 6.45) is 8.81. The van der Waals surface area contributed by atoms with Crippen LogP contribution in [0.1, 0.15) is 52.4 Å². The highest BCUT2D eigenvalue weighted by Crippen LogP contribution is 2.28. The Hall–Kier alpha value is -0.0800. The van der Waals surface area contributed by atoms with Crippen molar-refractivity contribution in [3.63, 3.8) is 0 Å². The number of hydrogen-bond acceptors (Lipinski definition) is 2. The van der Waals surface area contributed by atoms with E-state index in [1.54, 1.807) is 0 Å². The summed E-state index contributed by atoms with van der Waals surface area (Å²) in [5.74, 6) is 0.931. The lowest BCUT2D eigenvalue weighted by Gasteiger charge is -2.30. The van der Waals surface area contributed by atoms with Crippen LogP contribution in [0.5, 0.6) is 0 Å². The summed E-state index contributed by atoms with van der Waals surface area (Å²) in [7, 11) is 1.82. The second kappa shape index (κ2) is 7.24. The van der Waals surface area contributed by atoms with Crippen LogP contribution < -0.4 is 5.32 Å². The van der Waals surface area contributed by atoms with Crippen molar-refractivity contribution >= 4 is 0 Å². The number of nitrogens with one attached hydrogen (secondary N) is 1. The Morgan fingerprint density at radius 1 is 1.27 bits per heavy atom. The van der Waals surface area contributed by atoms with Crippen molar-refractivity contribution in [2.45, 2.75) is 64.5 Å². The van der Waals surface area contributed by atoms with Crippen molar-refractivity contribution in [1.82, 2.24) is 5.32 Å². The molecule has 2 heteroatoms. The second-order valence-corrected chi connectivity index (χ2v) is 4.84. The number of hydrogen-bond donors (Lipinski definition) is 1. The van der Waals surface area contributed by atoms with Crippen LogP contribution in [0.4, 0.5) is 0 Å². The zero-order valence-corrected chi connectivity index (χ0v) is 10.6. The van der Waals surface area contributed by atoms with Gasteiger partial charge in [0.1, 0.15) is 0 Å². The monoisotopic (exact) mass is 213 g/mol. The van der Waals surface area contributed by atoms with Gasteiger partial charge in [0.05, 0.1) is 6.10 Å². The fraction of sp³-hybridized carbons (Fsp3) is 1.00. The minimum Gasteiger partial charge on any atom is -0.380 e. The molecule has 0 radical (unpaired) electrons. The van der Waals surface area contributed by atoms with Gasteiger partial charge in [0.2, 0.25) is 0 Å². The van der Waals surface area contributed by atoms with Crippen LogP contribution in [0.25, 0.3) is 0 Å². The van der Waals surface area contributed by atoms with Gasteiger partial charge in [0.15, 0.2) is 0 Å². The number of methoxy groups -OCH3 is 1. The van der Waals surface area contributed by atoms with Gasteiger partial charge in [-0.25, -0.2) is 0 Å². The molecule has 2 unspecified atom stereocenters. The number of rotatable bonds is 6. The van der Waals surface area contributed by atoms with E-state index in [0.717, 1.165) is 12.5 Å². The van der Waals surface area contributed by atoms with E-state index in [4.69, 9.17) is 4.74 Å². The second-order valence-electron chi connectivity index (χ2n) is 4.84. The van der Waals surface area contributed by atoms with Crippen molar-refractivity contribution in [3.8, 4) is 0 Å². The molecule has 1 aliphatic carbocycles. The maximum atomic E-state index is 5.44. The number of likely N-dealkylation sites (N-methyl/N-ethyl adjacent to an activating group) is 1. The molecule has 1 aliphatic rings. The Morgan fingerprint density at radius 2 is 1.93 bits per heavy atom. The predicted octanol–water partition coefficient (Wildman–Crippen LogP) is 2.97. The molecule has 0 aromatic carbocycles. The van der Waals surface area contributed by atoms with Crippen LogP contribution in [0.2, 0.25) is 0 Å². The van der Waals surface area contributed by atoms with E-state index in [2.05, 4.69) is 19.2 Å². The average Bonchev–Trinajstić information content (AvgIpc) is 2.29. The molecule has 0 heterocycles. The Morgan fingerprint density at radius 3 is 2.47 bits per heavy atom. The lowest BCUT2D eigenvalue weighted by molar-refractivity contribution is 0.0715. The Bertz CT molecular complexity index is 155. The van der Waals surface area contributed by atoms with Gasteiger partial charge in [-0.15, -0.1) is 0 Å². The lowest BCUT2D eigenvalue weighted by atomic mass is 9.84. The molecule has 15 heavy (non-hydrogen) atoms. The first-order valence-corrected chi connectivity index (χ1v) is 6.54. The Labute approximate surface area is 94.8 Å². The van der Waals surface area contributed by atoms with Gasteiger partial charge in [-0.2, -0.15) is 0 Å². The van der Waals surface area contributed by atoms with Gasteiger partial charge in [0, 0.05) is 13.2 Å². The molecule has 1 saturated carbocycles. The van der Waals surface area contributed by atoms with Gasteiger partial charge in [-0.1, -0.05) is 39.0 Å². The van der Waals surface area contributed by atoms with Gasteiger partial charge in [0.25, 0.3) is 0 Å². The maximum Gasteiger partial charge on any atom is 0.0696 e. The van der Waals surface area contributed by atoms with E-state index in [1.165, 1.54) is 38.5 Å². The van der Waals surface area contributed by atoms with E-state index < -0.39 is 0 Å². The van der Waals surface area contributed by atoms with Crippen molar-refractivity contribution < 1.29 is 4.74 Å². The first-order chi connectivity index (χ1) is 7.27. The highest BCUT2D eigenvalue weighted by Gasteiger charge is 2.22. The zero-order valence-electron chi connectivity index (χ0n) is 10.6. The third-order valence-electron chi connectivity index (χ3n) is 3.72. The predicted molar refractivity (Wildman–Crippen MR) is 65.1 cm³/mol. The summed E-state index contributed by atoms with van der Waals surface area (Å²) in [6, 6.07) is 0.545. The molecule has 90 valence electrons. The van der Waals surface area contributed by atoms with Crippen LogP contribution in [-0.2, 0) is 4.74 Å². The highest BCUT2D eigenvalue weighted by atomic mass is 16.5. The lowest BCUT2D eigenvalue weighted by Crippen LogP contribution is -2.41. The van der Waals surface area contributed by atoms with E-state index in [-0.39, 0.29) is 0 Å². The van der Waals surface area contributed by atoms with E-state index in [9.17, 15) is 0 Å². The largest absolute Gasteiger partial charge is 0.380 e. The van der Waals surface area contributed by atoms with E-state index in [1.807, 2.05) is 7.11 Å². The molecule has 0 aromatic rings. The van der Waals surface area contributed by atoms with Crippen LogP contribution in [-0.4, -0.2) is 25.8 Å². The molecule has 0 saturated heterocycles. The normalized spacial score (nSPS) is 22.6. The molecule has 2 nitrogen and oxygen atoms in total. The first-order valence-electron chi connectivity index (χ1n) is 6.54. The molecule has 0 aliphatic heterocycles. The third-order valence-corrected chi connectivity index (χ3v) is 3.72. The molecule has 1 N–H and O–H groups in total. The summed E-state index contributed by atoms with van der Waals surface area (Å²) in [5, 5.41) is 3.56. The summed E-state index contributed by atoms with van der Waals surface area (Å²) < 4.78 is 5.44. The highest BCUT2D eigenvalue weighted by molar-refractivity contribution is 4.78. The zero-order chi connectivity index (χ0) is 11.1. The molecule has 2 atom stereocenters. The van der Waals surface area contributed by atoms with Crippen LogP contribution in [0.3, 0.4) is 0 Å². The van der Waals surface area contributed by atoms with E-state index in [0.29, 0.717) is 12.1 Å². The van der Waals surface area contributed by atoms with Crippen molar-refractivity contribution in [2.24, 2.45) is 5.92 Å². The molecular weight excluding hydrogens is 186 g/mol. The average molecular weight is 213 g/mol. The minimum atomic E-state index is 0.340. The van der Waals surface area contributed by atoms with Crippen molar-refractivity contribution in [1.29, 1.82) is 0 Å². The molecular formula is C13H27NO. The quantitative estimate of drug-likeness (QED) is 0.732. The van der Waals surface area contributed by atoms with Gasteiger partial charge in [-0.3, -0.25) is 0 Å². The van der Waals surface area contributed by atoms with Crippen LogP contribution in [0.15, 0.2) is 0 Å². The standard InChI is InChI=1S/C13H27NO/c1-4-14-13(11(2)15-3)10-12-8-6-5-7-9-12/h11-14H,4-10H2,1-3H3. The summed E-state index contributed by atoms with van der Waals surface area (Å²) in [6.45, 7) is 5.40. The third kappa shape index (κ3) is 4.52. The topological polar surface area (TPSA) is 21.3 Å². The summed E-state index contributed by atoms with van der Waals surface area (Å²) >= 11 is 0. The fourth-order valence-corrected chi connectivity index (χ4v) is 2.65. The summed E-state index contributed by atoms with van der Waals surface area (Å²) in [4.78, 5) is 0. The maximum absolute atomic E-state index is 5.44. The van der Waals surface area contributed by atoms with Gasteiger partial charge >= 0.3 is 0 Å². The summed E-state index contributed by atoms with van der Waals surface area (Å²) in [5.41, 5.74) is 0. The van der Waals surface area contributed by atoms with Crippen molar-refractivity contribution in [3.05, 3.63) is 0 Å². The van der Waals surface area contributed by atoms with Gasteiger partial charge < -0.3 is 10.1 Å². The smallest absolute Gasteiger partial charge is 0.0696 e. The Balaban J connectivity index is 2.34. The Kier molecular flexibility index (Phi) is 6.26. The fourth-order valence-electron chi connectivity index (χ4n) is 2.65. The molecule has 0 spiro atoms. The van der Waals surface area contributed by atoms with E-state index >= 15 is 0 Å². The number of ether oxygens (including phenoxy) is 1. The minimum absolute atomic E-state index is 0.340. The SMILES string of the molecule is CCNC(CC1CCCCC1)C(C)OC. The van der Waals surface area contributed by atoms with Crippen LogP contribution in [0, 0.1) is 5.92 Å². The molecule has 1 rings (SSSR count). The van der Waals surface area contributed by atoms with Crippen molar-refractivity contribution in [2.75, 3.05) is 13.7 Å². The first kappa shape index (κ1) is 13.0. The molecule has 0 aromatic heterocycles.